The van der Waals surface area contributed by atoms with Crippen LogP contribution in [0.15, 0.2) is 36.4 Å². The highest BCUT2D eigenvalue weighted by Gasteiger charge is 2.41. The van der Waals surface area contributed by atoms with Gasteiger partial charge in [0.1, 0.15) is 11.6 Å². The first-order valence-electron chi connectivity index (χ1n) is 11.5. The summed E-state index contributed by atoms with van der Waals surface area (Å²) in [6, 6.07) is 8.78. The molecule has 1 saturated heterocycles. The molecule has 3 heterocycles. The van der Waals surface area contributed by atoms with E-state index in [0.29, 0.717) is 37.2 Å². The molecule has 8 nitrogen and oxygen atoms in total. The van der Waals surface area contributed by atoms with Gasteiger partial charge in [-0.15, -0.1) is 0 Å². The van der Waals surface area contributed by atoms with Crippen LogP contribution in [-0.2, 0) is 14.3 Å². The van der Waals surface area contributed by atoms with Crippen LogP contribution in [0.25, 0.3) is 16.3 Å². The lowest BCUT2D eigenvalue weighted by Crippen LogP contribution is -2.53. The number of piperidine rings is 1. The molecule has 3 aliphatic rings. The molecule has 34 heavy (non-hydrogen) atoms. The van der Waals surface area contributed by atoms with Gasteiger partial charge in [0.05, 0.1) is 5.69 Å². The number of ether oxygens (including phenoxy) is 1. The van der Waals surface area contributed by atoms with E-state index in [9.17, 15) is 19.2 Å². The molecule has 4 amide bonds. The first-order chi connectivity index (χ1) is 16.1. The van der Waals surface area contributed by atoms with E-state index >= 15 is 0 Å². The van der Waals surface area contributed by atoms with E-state index in [2.05, 4.69) is 5.32 Å². The van der Waals surface area contributed by atoms with Gasteiger partial charge in [-0.3, -0.25) is 24.6 Å². The maximum atomic E-state index is 13.3. The molecule has 1 atom stereocenters. The Morgan fingerprint density at radius 1 is 1.06 bits per heavy atom. The summed E-state index contributed by atoms with van der Waals surface area (Å²) < 4.78 is 5.49. The van der Waals surface area contributed by atoms with Gasteiger partial charge in [0.2, 0.25) is 11.8 Å². The minimum Gasteiger partial charge on any atom is -0.444 e. The Morgan fingerprint density at radius 2 is 1.82 bits per heavy atom. The number of hydrogen-bond acceptors (Lipinski definition) is 5. The average molecular weight is 462 g/mol. The molecule has 5 rings (SSSR count). The first-order valence-corrected chi connectivity index (χ1v) is 11.5. The van der Waals surface area contributed by atoms with Crippen molar-refractivity contribution in [2.45, 2.75) is 51.7 Å². The lowest BCUT2D eigenvalue weighted by molar-refractivity contribution is -0.134. The molecule has 0 aliphatic carbocycles. The molecule has 0 spiro atoms. The van der Waals surface area contributed by atoms with E-state index in [1.807, 2.05) is 57.2 Å². The Labute approximate surface area is 197 Å². The fraction of sp³-hybridized carbons (Fsp3) is 0.385. The summed E-state index contributed by atoms with van der Waals surface area (Å²) in [4.78, 5) is 53.1. The lowest BCUT2D eigenvalue weighted by Gasteiger charge is -2.30. The molecule has 1 N–H and O–H groups in total. The number of nitrogens with one attached hydrogen (secondary N) is 1. The van der Waals surface area contributed by atoms with Crippen molar-refractivity contribution in [3.8, 4) is 0 Å². The minimum atomic E-state index is -0.706. The Bertz CT molecular complexity index is 1270. The van der Waals surface area contributed by atoms with E-state index in [4.69, 9.17) is 4.74 Å². The second-order valence-corrected chi connectivity index (χ2v) is 9.91. The molecule has 3 aliphatic heterocycles. The molecular weight excluding hydrogens is 434 g/mol. The van der Waals surface area contributed by atoms with E-state index in [1.165, 1.54) is 4.90 Å². The van der Waals surface area contributed by atoms with Crippen molar-refractivity contribution in [1.82, 2.24) is 10.2 Å². The zero-order valence-electron chi connectivity index (χ0n) is 19.5. The average Bonchev–Trinajstić information content (AvgIpc) is 3.06. The third kappa shape index (κ3) is 3.73. The Morgan fingerprint density at radius 3 is 2.50 bits per heavy atom. The van der Waals surface area contributed by atoms with Crippen LogP contribution in [0.1, 0.15) is 56.0 Å². The van der Waals surface area contributed by atoms with Gasteiger partial charge in [0.15, 0.2) is 0 Å². The summed E-state index contributed by atoms with van der Waals surface area (Å²) in [6.45, 7) is 6.55. The van der Waals surface area contributed by atoms with Gasteiger partial charge in [-0.25, -0.2) is 4.79 Å². The quantitative estimate of drug-likeness (QED) is 0.689. The van der Waals surface area contributed by atoms with Crippen LogP contribution in [0, 0.1) is 0 Å². The minimum absolute atomic E-state index is 0.207. The summed E-state index contributed by atoms with van der Waals surface area (Å²) in [5.41, 5.74) is 2.84. The smallest absolute Gasteiger partial charge is 0.410 e. The lowest BCUT2D eigenvalue weighted by atomic mass is 9.92. The number of anilines is 1. The summed E-state index contributed by atoms with van der Waals surface area (Å²) in [7, 11) is 0. The van der Waals surface area contributed by atoms with E-state index in [0.717, 1.165) is 21.9 Å². The molecule has 2 aromatic rings. The number of imide groups is 1. The van der Waals surface area contributed by atoms with Gasteiger partial charge in [-0.05, 0) is 62.3 Å². The van der Waals surface area contributed by atoms with Crippen LogP contribution in [-0.4, -0.2) is 53.4 Å². The van der Waals surface area contributed by atoms with Crippen molar-refractivity contribution in [1.29, 1.82) is 0 Å². The highest BCUT2D eigenvalue weighted by molar-refractivity contribution is 6.28. The van der Waals surface area contributed by atoms with Gasteiger partial charge in [-0.1, -0.05) is 24.3 Å². The van der Waals surface area contributed by atoms with Crippen molar-refractivity contribution in [2.75, 3.05) is 18.0 Å². The predicted octanol–water partition coefficient (Wildman–Crippen LogP) is 3.63. The molecule has 0 bridgehead atoms. The normalized spacial score (nSPS) is 20.5. The van der Waals surface area contributed by atoms with Gasteiger partial charge >= 0.3 is 6.09 Å². The van der Waals surface area contributed by atoms with E-state index in [-0.39, 0.29) is 24.3 Å². The van der Waals surface area contributed by atoms with Gasteiger partial charge < -0.3 is 9.64 Å². The highest BCUT2D eigenvalue weighted by atomic mass is 16.6. The molecule has 0 aromatic heterocycles. The van der Waals surface area contributed by atoms with Crippen molar-refractivity contribution in [3.63, 3.8) is 0 Å². The highest BCUT2D eigenvalue weighted by Crippen LogP contribution is 2.42. The SMILES string of the molecule is CC(C)(C)OC(=O)N1CC=C(c2ccc3c4c(cccc24)N(C2CCC(=O)NC2=O)C3=O)CC1. The number of rotatable bonds is 2. The zero-order valence-corrected chi connectivity index (χ0v) is 19.5. The summed E-state index contributed by atoms with van der Waals surface area (Å²) in [6.07, 6.45) is 2.89. The molecule has 0 radical (unpaired) electrons. The van der Waals surface area contributed by atoms with Crippen LogP contribution >= 0.6 is 0 Å². The fourth-order valence-corrected chi connectivity index (χ4v) is 4.93. The van der Waals surface area contributed by atoms with E-state index in [1.54, 1.807) is 4.90 Å². The van der Waals surface area contributed by atoms with E-state index < -0.39 is 17.6 Å². The molecular formula is C26H27N3O5. The largest absolute Gasteiger partial charge is 0.444 e. The molecule has 1 unspecified atom stereocenters. The predicted molar refractivity (Wildman–Crippen MR) is 127 cm³/mol. The topological polar surface area (TPSA) is 96.0 Å². The van der Waals surface area contributed by atoms with Crippen LogP contribution in [0.5, 0.6) is 0 Å². The monoisotopic (exact) mass is 461 g/mol. The molecule has 1 fully saturated rings. The van der Waals surface area contributed by atoms with Crippen molar-refractivity contribution < 1.29 is 23.9 Å². The Balaban J connectivity index is 1.47. The Hall–Kier alpha value is -3.68. The van der Waals surface area contributed by atoms with Gasteiger partial charge in [0, 0.05) is 30.5 Å². The maximum Gasteiger partial charge on any atom is 0.410 e. The summed E-state index contributed by atoms with van der Waals surface area (Å²) in [5.74, 6) is -0.969. The summed E-state index contributed by atoms with van der Waals surface area (Å²) >= 11 is 0. The molecule has 8 heteroatoms. The van der Waals surface area contributed by atoms with Crippen molar-refractivity contribution in [3.05, 3.63) is 47.5 Å². The number of hydrogen-bond donors (Lipinski definition) is 1. The molecule has 2 aromatic carbocycles. The number of benzene rings is 2. The second-order valence-electron chi connectivity index (χ2n) is 9.91. The standard InChI is InChI=1S/C26H27N3O5/c1-26(2,3)34-25(33)28-13-11-15(12-14-28)16-7-8-18-22-17(16)5-4-6-19(22)29(24(18)32)20-9-10-21(30)27-23(20)31/h4-8,11,20H,9-10,12-14H2,1-3H3,(H,27,30,31). The number of carbonyl (C=O) groups is 4. The van der Waals surface area contributed by atoms with Crippen LogP contribution in [0.4, 0.5) is 10.5 Å². The van der Waals surface area contributed by atoms with Crippen molar-refractivity contribution in [2.24, 2.45) is 0 Å². The van der Waals surface area contributed by atoms with Gasteiger partial charge in [0.25, 0.3) is 5.91 Å². The van der Waals surface area contributed by atoms with Crippen LogP contribution in [0.3, 0.4) is 0 Å². The molecule has 0 saturated carbocycles. The zero-order chi connectivity index (χ0) is 24.2. The van der Waals surface area contributed by atoms with Crippen molar-refractivity contribution >= 4 is 45.8 Å². The third-order valence-electron chi connectivity index (χ3n) is 6.46. The second kappa shape index (κ2) is 7.97. The Kier molecular flexibility index (Phi) is 5.19. The maximum absolute atomic E-state index is 13.3. The third-order valence-corrected chi connectivity index (χ3v) is 6.46. The van der Waals surface area contributed by atoms with Crippen LogP contribution < -0.4 is 10.2 Å². The van der Waals surface area contributed by atoms with Crippen LogP contribution in [0.2, 0.25) is 0 Å². The molecule has 176 valence electrons. The number of carbonyl (C=O) groups excluding carboxylic acids is 4. The first kappa shape index (κ1) is 22.1. The fourth-order valence-electron chi connectivity index (χ4n) is 4.93. The van der Waals surface area contributed by atoms with Gasteiger partial charge in [-0.2, -0.15) is 0 Å². The number of amides is 4. The number of nitrogens with zero attached hydrogens (tertiary/aromatic N) is 2. The summed E-state index contributed by atoms with van der Waals surface area (Å²) in [5, 5.41) is 4.12.